The molecular formula is C57H37NO. The molecule has 276 valence electrons. The van der Waals surface area contributed by atoms with Crippen molar-refractivity contribution >= 4 is 43.2 Å². The highest BCUT2D eigenvalue weighted by atomic mass is 16.1. The van der Waals surface area contributed by atoms with Gasteiger partial charge in [-0.2, -0.15) is 0 Å². The number of pyridine rings is 1. The van der Waals surface area contributed by atoms with Crippen LogP contribution in [0.25, 0.3) is 105 Å². The van der Waals surface area contributed by atoms with Crippen LogP contribution in [0.3, 0.4) is 0 Å². The summed E-state index contributed by atoms with van der Waals surface area (Å²) in [5, 5.41) is 7.69. The normalized spacial score (nSPS) is 11.5. The Kier molecular flexibility index (Phi) is 8.34. The molecule has 0 unspecified atom stereocenters. The molecule has 0 spiro atoms. The molecular weight excluding hydrogens is 715 g/mol. The van der Waals surface area contributed by atoms with Crippen molar-refractivity contribution in [3.05, 3.63) is 235 Å². The minimum Gasteiger partial charge on any atom is -0.276 e. The van der Waals surface area contributed by atoms with Crippen molar-refractivity contribution < 1.29 is 0 Å². The summed E-state index contributed by atoms with van der Waals surface area (Å²) in [6, 6.07) is 79.4. The summed E-state index contributed by atoms with van der Waals surface area (Å²) < 4.78 is 1.84. The topological polar surface area (TPSA) is 22.0 Å². The van der Waals surface area contributed by atoms with E-state index in [0.717, 1.165) is 44.2 Å². The Bertz CT molecular complexity index is 3440. The first-order valence-corrected chi connectivity index (χ1v) is 20.1. The molecule has 0 aliphatic rings. The molecule has 0 radical (unpaired) electrons. The number of fused-ring (bicyclic) bond motifs is 5. The van der Waals surface area contributed by atoms with Crippen molar-refractivity contribution in [2.45, 2.75) is 0 Å². The van der Waals surface area contributed by atoms with Gasteiger partial charge in [-0.25, -0.2) is 0 Å². The molecule has 10 aromatic carbocycles. The van der Waals surface area contributed by atoms with Crippen molar-refractivity contribution in [3.8, 4) is 61.3 Å². The average Bonchev–Trinajstić information content (AvgIpc) is 3.31. The Morgan fingerprint density at radius 1 is 0.254 bits per heavy atom. The maximum absolute atomic E-state index is 13.9. The average molecular weight is 752 g/mol. The van der Waals surface area contributed by atoms with E-state index in [2.05, 4.69) is 176 Å². The number of benzene rings is 10. The summed E-state index contributed by atoms with van der Waals surface area (Å²) in [5.74, 6) is 0. The van der Waals surface area contributed by atoms with Gasteiger partial charge in [0.05, 0.1) is 5.52 Å². The quantitative estimate of drug-likeness (QED) is 0.122. The smallest absolute Gasteiger partial charge is 0.263 e. The zero-order chi connectivity index (χ0) is 39.3. The minimum atomic E-state index is -0.0124. The van der Waals surface area contributed by atoms with E-state index in [0.29, 0.717) is 5.39 Å². The molecule has 0 bridgehead atoms. The molecule has 11 aromatic rings. The Morgan fingerprint density at radius 3 is 1.20 bits per heavy atom. The van der Waals surface area contributed by atoms with Gasteiger partial charge < -0.3 is 0 Å². The van der Waals surface area contributed by atoms with Crippen LogP contribution in [-0.2, 0) is 0 Å². The van der Waals surface area contributed by atoms with Crippen LogP contribution in [0, 0.1) is 0 Å². The van der Waals surface area contributed by atoms with Gasteiger partial charge >= 0.3 is 0 Å². The fourth-order valence-corrected chi connectivity index (χ4v) is 9.04. The molecule has 1 heterocycles. The van der Waals surface area contributed by atoms with Crippen molar-refractivity contribution in [1.29, 1.82) is 0 Å². The number of aromatic nitrogens is 1. The predicted octanol–water partition coefficient (Wildman–Crippen LogP) is 14.8. The van der Waals surface area contributed by atoms with E-state index in [1.807, 2.05) is 53.1 Å². The second-order valence-corrected chi connectivity index (χ2v) is 15.2. The van der Waals surface area contributed by atoms with Crippen LogP contribution in [0.1, 0.15) is 0 Å². The molecule has 0 saturated carbocycles. The Balaban J connectivity index is 1.04. The van der Waals surface area contributed by atoms with Crippen LogP contribution in [0.4, 0.5) is 0 Å². The van der Waals surface area contributed by atoms with Gasteiger partial charge in [0.2, 0.25) is 0 Å². The SMILES string of the molecule is O=c1c2ccccc2c2cc(-c3cccc(-c4cccc(-c5ccc6c(-c7ccccc7)c7ccccc7c(-c7ccccc7)c6c5)c4)c3)ccc2n1-c1ccccc1. The molecule has 0 amide bonds. The fourth-order valence-electron chi connectivity index (χ4n) is 9.04. The standard InChI is InChI=1S/C57H37NO/c59-57-51-29-13-10-26-47(51)52-36-45(31-33-54(52)58(57)46-24-8-3-9-25-46)43-23-15-21-41(35-43)40-20-14-22-42(34-40)44-30-32-50-53(37-44)56(39-18-6-2-7-19-39)49-28-12-11-27-48(49)55(50)38-16-4-1-5-17-38/h1-37H. The monoisotopic (exact) mass is 751 g/mol. The van der Waals surface area contributed by atoms with Crippen LogP contribution < -0.4 is 5.56 Å². The zero-order valence-corrected chi connectivity index (χ0v) is 32.2. The van der Waals surface area contributed by atoms with Gasteiger partial charge in [-0.1, -0.05) is 176 Å². The van der Waals surface area contributed by atoms with E-state index in [1.54, 1.807) is 0 Å². The fraction of sp³-hybridized carbons (Fsp3) is 0. The predicted molar refractivity (Wildman–Crippen MR) is 249 cm³/mol. The highest BCUT2D eigenvalue weighted by Crippen LogP contribution is 2.45. The highest BCUT2D eigenvalue weighted by Gasteiger charge is 2.18. The third kappa shape index (κ3) is 5.93. The molecule has 0 aliphatic carbocycles. The molecule has 1 aromatic heterocycles. The molecule has 0 aliphatic heterocycles. The molecule has 0 fully saturated rings. The largest absolute Gasteiger partial charge is 0.276 e. The molecule has 0 saturated heterocycles. The van der Waals surface area contributed by atoms with E-state index >= 15 is 0 Å². The molecule has 0 atom stereocenters. The first-order chi connectivity index (χ1) is 29.2. The van der Waals surface area contributed by atoms with E-state index in [1.165, 1.54) is 54.9 Å². The van der Waals surface area contributed by atoms with Crippen molar-refractivity contribution in [1.82, 2.24) is 4.57 Å². The maximum atomic E-state index is 13.9. The lowest BCUT2D eigenvalue weighted by molar-refractivity contribution is 1.06. The van der Waals surface area contributed by atoms with Crippen molar-refractivity contribution in [2.75, 3.05) is 0 Å². The Morgan fingerprint density at radius 2 is 0.644 bits per heavy atom. The third-order valence-corrected chi connectivity index (χ3v) is 11.8. The van der Waals surface area contributed by atoms with E-state index in [4.69, 9.17) is 0 Å². The number of para-hydroxylation sites is 1. The van der Waals surface area contributed by atoms with Gasteiger partial charge in [0.15, 0.2) is 0 Å². The first kappa shape index (κ1) is 34.4. The van der Waals surface area contributed by atoms with Crippen LogP contribution in [0.2, 0.25) is 0 Å². The van der Waals surface area contributed by atoms with Gasteiger partial charge in [0.25, 0.3) is 5.56 Å². The number of hydrogen-bond acceptors (Lipinski definition) is 1. The number of nitrogens with zero attached hydrogens (tertiary/aromatic N) is 1. The summed E-state index contributed by atoms with van der Waals surface area (Å²) in [5.41, 5.74) is 13.5. The second kappa shape index (κ2) is 14.3. The van der Waals surface area contributed by atoms with E-state index in [-0.39, 0.29) is 5.56 Å². The van der Waals surface area contributed by atoms with Crippen LogP contribution >= 0.6 is 0 Å². The molecule has 11 rings (SSSR count). The lowest BCUT2D eigenvalue weighted by Gasteiger charge is -2.19. The highest BCUT2D eigenvalue weighted by molar-refractivity contribution is 6.22. The third-order valence-electron chi connectivity index (χ3n) is 11.8. The van der Waals surface area contributed by atoms with Gasteiger partial charge in [-0.05, 0) is 131 Å². The van der Waals surface area contributed by atoms with Gasteiger partial charge in [0.1, 0.15) is 0 Å². The van der Waals surface area contributed by atoms with Crippen LogP contribution in [0.15, 0.2) is 229 Å². The van der Waals surface area contributed by atoms with Crippen LogP contribution in [-0.4, -0.2) is 4.57 Å². The Labute approximate surface area is 342 Å². The van der Waals surface area contributed by atoms with Gasteiger partial charge in [-0.15, -0.1) is 0 Å². The van der Waals surface area contributed by atoms with Crippen molar-refractivity contribution in [2.24, 2.45) is 0 Å². The minimum absolute atomic E-state index is 0.0124. The van der Waals surface area contributed by atoms with E-state index in [9.17, 15) is 4.79 Å². The van der Waals surface area contributed by atoms with E-state index < -0.39 is 0 Å². The lowest BCUT2D eigenvalue weighted by Crippen LogP contribution is -2.19. The summed E-state index contributed by atoms with van der Waals surface area (Å²) in [4.78, 5) is 13.9. The Hall–Kier alpha value is -7.81. The molecule has 2 nitrogen and oxygen atoms in total. The maximum Gasteiger partial charge on any atom is 0.263 e. The summed E-state index contributed by atoms with van der Waals surface area (Å²) in [6.45, 7) is 0. The number of rotatable bonds is 6. The first-order valence-electron chi connectivity index (χ1n) is 20.1. The lowest BCUT2D eigenvalue weighted by atomic mass is 9.85. The summed E-state index contributed by atoms with van der Waals surface area (Å²) in [6.07, 6.45) is 0. The second-order valence-electron chi connectivity index (χ2n) is 15.2. The summed E-state index contributed by atoms with van der Waals surface area (Å²) >= 11 is 0. The van der Waals surface area contributed by atoms with Crippen LogP contribution in [0.5, 0.6) is 0 Å². The summed E-state index contributed by atoms with van der Waals surface area (Å²) in [7, 11) is 0. The molecule has 2 heteroatoms. The molecule has 0 N–H and O–H groups in total. The van der Waals surface area contributed by atoms with Crippen molar-refractivity contribution in [3.63, 3.8) is 0 Å². The van der Waals surface area contributed by atoms with Gasteiger partial charge in [-0.3, -0.25) is 9.36 Å². The molecule has 59 heavy (non-hydrogen) atoms. The zero-order valence-electron chi connectivity index (χ0n) is 32.2. The van der Waals surface area contributed by atoms with Gasteiger partial charge in [0, 0.05) is 16.5 Å². The number of hydrogen-bond donors (Lipinski definition) is 0.